The smallest absolute Gasteiger partial charge is 0.339 e. The molecule has 5 heteroatoms. The molecule has 1 saturated heterocycles. The molecule has 0 bridgehead atoms. The van der Waals surface area contributed by atoms with E-state index in [0.717, 1.165) is 19.3 Å². The lowest BCUT2D eigenvalue weighted by molar-refractivity contribution is 0.0675. The summed E-state index contributed by atoms with van der Waals surface area (Å²) in [7, 11) is 0. The fraction of sp³-hybridized carbons (Fsp3) is 0.429. The van der Waals surface area contributed by atoms with Crippen molar-refractivity contribution in [3.8, 4) is 0 Å². The van der Waals surface area contributed by atoms with Crippen LogP contribution in [-0.2, 0) is 6.42 Å². The zero-order valence-corrected chi connectivity index (χ0v) is 15.3. The number of carboxylic acid groups (broad SMARTS) is 1. The van der Waals surface area contributed by atoms with Crippen LogP contribution in [-0.4, -0.2) is 34.5 Å². The van der Waals surface area contributed by atoms with Crippen molar-refractivity contribution in [1.29, 1.82) is 0 Å². The molecule has 1 aromatic carbocycles. The SMILES string of the molecule is CCc1oc(C(=O)N2CCCC2C(CC)c2ccccc2)cc1C(=O)O. The lowest BCUT2D eigenvalue weighted by atomic mass is 9.87. The van der Waals surface area contributed by atoms with Crippen molar-refractivity contribution < 1.29 is 19.1 Å². The highest BCUT2D eigenvalue weighted by Gasteiger charge is 2.36. The van der Waals surface area contributed by atoms with Crippen molar-refractivity contribution in [3.05, 3.63) is 59.0 Å². The Bertz CT molecular complexity index is 781. The summed E-state index contributed by atoms with van der Waals surface area (Å²) >= 11 is 0. The Balaban J connectivity index is 1.88. The molecule has 1 aromatic heterocycles. The molecule has 1 N–H and O–H groups in total. The van der Waals surface area contributed by atoms with Gasteiger partial charge in [0.2, 0.25) is 0 Å². The molecule has 3 rings (SSSR count). The Morgan fingerprint density at radius 1 is 1.27 bits per heavy atom. The molecule has 1 amide bonds. The van der Waals surface area contributed by atoms with Gasteiger partial charge in [0.15, 0.2) is 5.76 Å². The molecule has 1 fully saturated rings. The molecule has 5 nitrogen and oxygen atoms in total. The number of carbonyl (C=O) groups excluding carboxylic acids is 1. The van der Waals surface area contributed by atoms with Crippen LogP contribution >= 0.6 is 0 Å². The van der Waals surface area contributed by atoms with Crippen molar-refractivity contribution in [2.45, 2.75) is 51.5 Å². The molecular formula is C21H25NO4. The monoisotopic (exact) mass is 355 g/mol. The summed E-state index contributed by atoms with van der Waals surface area (Å²) in [6, 6.07) is 11.8. The maximum Gasteiger partial charge on any atom is 0.339 e. The minimum Gasteiger partial charge on any atom is -0.478 e. The third-order valence-electron chi connectivity index (χ3n) is 5.26. The number of aromatic carboxylic acids is 1. The topological polar surface area (TPSA) is 70.8 Å². The number of hydrogen-bond donors (Lipinski definition) is 1. The van der Waals surface area contributed by atoms with Gasteiger partial charge in [-0.05, 0) is 24.8 Å². The van der Waals surface area contributed by atoms with Crippen LogP contribution in [0.1, 0.15) is 71.3 Å². The van der Waals surface area contributed by atoms with Crippen LogP contribution < -0.4 is 0 Å². The Kier molecular flexibility index (Phi) is 5.45. The van der Waals surface area contributed by atoms with Crippen LogP contribution in [0.4, 0.5) is 0 Å². The number of furan rings is 1. The molecule has 2 atom stereocenters. The van der Waals surface area contributed by atoms with Gasteiger partial charge < -0.3 is 14.4 Å². The summed E-state index contributed by atoms with van der Waals surface area (Å²) in [6.07, 6.45) is 3.29. The van der Waals surface area contributed by atoms with Crippen LogP contribution in [0.2, 0.25) is 0 Å². The van der Waals surface area contributed by atoms with Gasteiger partial charge in [-0.1, -0.05) is 44.2 Å². The molecular weight excluding hydrogens is 330 g/mol. The second-order valence-electron chi connectivity index (χ2n) is 6.74. The second-order valence-corrected chi connectivity index (χ2v) is 6.74. The van der Waals surface area contributed by atoms with Gasteiger partial charge in [0.1, 0.15) is 11.3 Å². The number of carboxylic acids is 1. The van der Waals surface area contributed by atoms with E-state index in [0.29, 0.717) is 18.7 Å². The second kappa shape index (κ2) is 7.77. The van der Waals surface area contributed by atoms with Crippen molar-refractivity contribution in [2.24, 2.45) is 0 Å². The Morgan fingerprint density at radius 3 is 2.58 bits per heavy atom. The zero-order chi connectivity index (χ0) is 18.7. The van der Waals surface area contributed by atoms with Gasteiger partial charge in [-0.2, -0.15) is 0 Å². The Morgan fingerprint density at radius 2 is 2.00 bits per heavy atom. The lowest BCUT2D eigenvalue weighted by Crippen LogP contribution is -2.39. The molecule has 2 unspecified atom stereocenters. The van der Waals surface area contributed by atoms with Crippen LogP contribution in [0.15, 0.2) is 40.8 Å². The van der Waals surface area contributed by atoms with Crippen LogP contribution in [0.25, 0.3) is 0 Å². The molecule has 0 saturated carbocycles. The predicted molar refractivity (Wildman–Crippen MR) is 98.6 cm³/mol. The average Bonchev–Trinajstić information content (AvgIpc) is 3.30. The number of nitrogens with zero attached hydrogens (tertiary/aromatic N) is 1. The lowest BCUT2D eigenvalue weighted by Gasteiger charge is -2.31. The normalized spacial score (nSPS) is 18.1. The van der Waals surface area contributed by atoms with E-state index < -0.39 is 5.97 Å². The van der Waals surface area contributed by atoms with Gasteiger partial charge in [0.05, 0.1) is 0 Å². The zero-order valence-electron chi connectivity index (χ0n) is 15.3. The number of rotatable bonds is 6. The fourth-order valence-corrected chi connectivity index (χ4v) is 4.01. The summed E-state index contributed by atoms with van der Waals surface area (Å²) < 4.78 is 5.59. The minimum absolute atomic E-state index is 0.0849. The molecule has 1 aliphatic rings. The molecule has 138 valence electrons. The first-order chi connectivity index (χ1) is 12.6. The molecule has 0 aliphatic carbocycles. The number of aryl methyl sites for hydroxylation is 1. The number of amides is 1. The van der Waals surface area contributed by atoms with E-state index in [9.17, 15) is 14.7 Å². The van der Waals surface area contributed by atoms with E-state index in [1.165, 1.54) is 11.6 Å². The van der Waals surface area contributed by atoms with Crippen molar-refractivity contribution >= 4 is 11.9 Å². The van der Waals surface area contributed by atoms with Crippen molar-refractivity contribution in [3.63, 3.8) is 0 Å². The quantitative estimate of drug-likeness (QED) is 0.837. The highest BCUT2D eigenvalue weighted by atomic mass is 16.4. The van der Waals surface area contributed by atoms with E-state index in [4.69, 9.17) is 4.42 Å². The number of benzene rings is 1. The first-order valence-electron chi connectivity index (χ1n) is 9.28. The highest BCUT2D eigenvalue weighted by molar-refractivity contribution is 5.96. The minimum atomic E-state index is -1.06. The van der Waals surface area contributed by atoms with Crippen LogP contribution in [0, 0.1) is 0 Å². The van der Waals surface area contributed by atoms with Crippen molar-refractivity contribution in [2.75, 3.05) is 6.54 Å². The van der Waals surface area contributed by atoms with Gasteiger partial charge in [-0.3, -0.25) is 4.79 Å². The Labute approximate surface area is 153 Å². The van der Waals surface area contributed by atoms with Gasteiger partial charge in [-0.15, -0.1) is 0 Å². The van der Waals surface area contributed by atoms with Crippen LogP contribution in [0.5, 0.6) is 0 Å². The highest BCUT2D eigenvalue weighted by Crippen LogP contribution is 2.34. The number of hydrogen-bond acceptors (Lipinski definition) is 3. The first-order valence-corrected chi connectivity index (χ1v) is 9.28. The molecule has 1 aliphatic heterocycles. The van der Waals surface area contributed by atoms with E-state index >= 15 is 0 Å². The number of likely N-dealkylation sites (tertiary alicyclic amines) is 1. The van der Waals surface area contributed by atoms with Gasteiger partial charge in [0, 0.05) is 31.0 Å². The molecule has 0 radical (unpaired) electrons. The molecule has 26 heavy (non-hydrogen) atoms. The van der Waals surface area contributed by atoms with Gasteiger partial charge in [-0.25, -0.2) is 4.79 Å². The van der Waals surface area contributed by atoms with E-state index in [1.54, 1.807) is 0 Å². The molecule has 2 heterocycles. The van der Waals surface area contributed by atoms with E-state index in [2.05, 4.69) is 19.1 Å². The van der Waals surface area contributed by atoms with E-state index in [1.807, 2.05) is 30.0 Å². The largest absolute Gasteiger partial charge is 0.478 e. The molecule has 2 aromatic rings. The van der Waals surface area contributed by atoms with Gasteiger partial charge >= 0.3 is 5.97 Å². The first kappa shape index (κ1) is 18.2. The fourth-order valence-electron chi connectivity index (χ4n) is 4.01. The molecule has 0 spiro atoms. The summed E-state index contributed by atoms with van der Waals surface area (Å²) in [5.41, 5.74) is 1.32. The van der Waals surface area contributed by atoms with E-state index in [-0.39, 0.29) is 29.2 Å². The Hall–Kier alpha value is -2.56. The predicted octanol–water partition coefficient (Wildman–Crippen LogP) is 4.34. The summed E-state index contributed by atoms with van der Waals surface area (Å²) in [5.74, 6) is -0.509. The maximum atomic E-state index is 13.1. The summed E-state index contributed by atoms with van der Waals surface area (Å²) in [6.45, 7) is 4.64. The third-order valence-corrected chi connectivity index (χ3v) is 5.26. The van der Waals surface area contributed by atoms with Crippen LogP contribution in [0.3, 0.4) is 0 Å². The summed E-state index contributed by atoms with van der Waals surface area (Å²) in [5, 5.41) is 9.30. The van der Waals surface area contributed by atoms with Crippen molar-refractivity contribution in [1.82, 2.24) is 4.90 Å². The average molecular weight is 355 g/mol. The summed E-state index contributed by atoms with van der Waals surface area (Å²) in [4.78, 5) is 26.3. The standard InChI is InChI=1S/C21H25NO4/c1-3-15(14-9-6-5-7-10-14)17-11-8-12-22(17)20(23)19-13-16(21(24)25)18(4-2)26-19/h5-7,9-10,13,15,17H,3-4,8,11-12H2,1-2H3,(H,24,25). The van der Waals surface area contributed by atoms with Gasteiger partial charge in [0.25, 0.3) is 5.91 Å². The third kappa shape index (κ3) is 3.39. The maximum absolute atomic E-state index is 13.1. The number of carbonyl (C=O) groups is 2.